The van der Waals surface area contributed by atoms with Crippen LogP contribution in [0.1, 0.15) is 41.8 Å². The first-order valence-electron chi connectivity index (χ1n) is 10.8. The highest BCUT2D eigenvalue weighted by molar-refractivity contribution is 6.08. The lowest BCUT2D eigenvalue weighted by molar-refractivity contribution is 0.0960. The number of carbonyl (C=O) groups excluding carboxylic acids is 1. The van der Waals surface area contributed by atoms with E-state index < -0.39 is 0 Å². The van der Waals surface area contributed by atoms with Gasteiger partial charge < -0.3 is 19.0 Å². The molecule has 0 spiro atoms. The van der Waals surface area contributed by atoms with E-state index in [0.29, 0.717) is 17.9 Å². The smallest absolute Gasteiger partial charge is 0.294 e. The summed E-state index contributed by atoms with van der Waals surface area (Å²) in [4.78, 5) is 17.9. The Morgan fingerprint density at radius 2 is 1.87 bits per heavy atom. The van der Waals surface area contributed by atoms with Crippen molar-refractivity contribution in [3.05, 3.63) is 59.9 Å². The molecule has 0 radical (unpaired) electrons. The molecule has 3 aromatic rings. The molecular formula is C25H30N2O3. The number of piperidine rings is 1. The summed E-state index contributed by atoms with van der Waals surface area (Å²) < 4.78 is 11.3. The standard InChI is InChI=1S/C25H30N2O3/c1-19-22-13-12-21(29-2)18-23(22)30-24(19)25(28)27(20-10-5-3-6-11-20)17-9-16-26-14-7-4-8-15-26/h3,5-6,10-13,18H,4,7-9,14-17H2,1-2H3. The van der Waals surface area contributed by atoms with E-state index in [1.165, 1.54) is 32.4 Å². The summed E-state index contributed by atoms with van der Waals surface area (Å²) >= 11 is 0. The molecule has 0 atom stereocenters. The topological polar surface area (TPSA) is 45.9 Å². The Labute approximate surface area is 178 Å². The predicted octanol–water partition coefficient (Wildman–Crippen LogP) is 5.27. The van der Waals surface area contributed by atoms with E-state index in [2.05, 4.69) is 4.90 Å². The second-order valence-corrected chi connectivity index (χ2v) is 7.97. The van der Waals surface area contributed by atoms with Gasteiger partial charge in [-0.25, -0.2) is 0 Å². The number of benzene rings is 2. The number of amides is 1. The van der Waals surface area contributed by atoms with E-state index in [0.717, 1.165) is 35.4 Å². The van der Waals surface area contributed by atoms with Crippen molar-refractivity contribution in [2.45, 2.75) is 32.6 Å². The van der Waals surface area contributed by atoms with Crippen LogP contribution in [0.5, 0.6) is 5.75 Å². The number of hydrogen-bond donors (Lipinski definition) is 0. The lowest BCUT2D eigenvalue weighted by Crippen LogP contribution is -2.36. The molecule has 30 heavy (non-hydrogen) atoms. The first-order valence-corrected chi connectivity index (χ1v) is 10.8. The summed E-state index contributed by atoms with van der Waals surface area (Å²) in [5, 5.41) is 0.945. The fraction of sp³-hybridized carbons (Fsp3) is 0.400. The number of para-hydroxylation sites is 1. The van der Waals surface area contributed by atoms with Gasteiger partial charge in [0.1, 0.15) is 11.3 Å². The third kappa shape index (κ3) is 4.36. The van der Waals surface area contributed by atoms with Crippen LogP contribution in [0.25, 0.3) is 11.0 Å². The Kier molecular flexibility index (Phi) is 6.38. The van der Waals surface area contributed by atoms with Crippen molar-refractivity contribution in [3.8, 4) is 5.75 Å². The molecule has 2 heterocycles. The molecule has 0 bridgehead atoms. The third-order valence-corrected chi connectivity index (χ3v) is 5.96. The molecule has 1 aliphatic heterocycles. The van der Waals surface area contributed by atoms with Gasteiger partial charge in [-0.05, 0) is 70.1 Å². The molecule has 0 unspecified atom stereocenters. The Hall–Kier alpha value is -2.79. The Bertz CT molecular complexity index is 990. The summed E-state index contributed by atoms with van der Waals surface area (Å²) in [6.45, 7) is 5.97. The lowest BCUT2D eigenvalue weighted by Gasteiger charge is -2.28. The number of aryl methyl sites for hydroxylation is 1. The highest BCUT2D eigenvalue weighted by atomic mass is 16.5. The van der Waals surface area contributed by atoms with Gasteiger partial charge in [0.05, 0.1) is 7.11 Å². The first-order chi connectivity index (χ1) is 14.7. The van der Waals surface area contributed by atoms with Gasteiger partial charge in [-0.3, -0.25) is 4.79 Å². The molecule has 1 aromatic heterocycles. The van der Waals surface area contributed by atoms with Crippen molar-refractivity contribution in [1.29, 1.82) is 0 Å². The second kappa shape index (κ2) is 9.35. The fourth-order valence-corrected chi connectivity index (χ4v) is 4.25. The molecule has 1 saturated heterocycles. The van der Waals surface area contributed by atoms with Crippen LogP contribution < -0.4 is 9.64 Å². The molecule has 1 aliphatic rings. The third-order valence-electron chi connectivity index (χ3n) is 5.96. The molecule has 4 rings (SSSR count). The minimum absolute atomic E-state index is 0.0903. The van der Waals surface area contributed by atoms with Gasteiger partial charge in [0.2, 0.25) is 0 Å². The Morgan fingerprint density at radius 1 is 1.10 bits per heavy atom. The lowest BCUT2D eigenvalue weighted by atomic mass is 10.1. The number of methoxy groups -OCH3 is 1. The molecule has 5 heteroatoms. The van der Waals surface area contributed by atoms with Crippen molar-refractivity contribution in [2.24, 2.45) is 0 Å². The SMILES string of the molecule is COc1ccc2c(C)c(C(=O)N(CCCN3CCCCC3)c3ccccc3)oc2c1. The quantitative estimate of drug-likeness (QED) is 0.536. The van der Waals surface area contributed by atoms with E-state index in [1.807, 2.05) is 60.4 Å². The molecular weight excluding hydrogens is 376 g/mol. The van der Waals surface area contributed by atoms with Crippen molar-refractivity contribution in [1.82, 2.24) is 4.90 Å². The summed E-state index contributed by atoms with van der Waals surface area (Å²) in [6, 6.07) is 15.6. The number of anilines is 1. The van der Waals surface area contributed by atoms with Gasteiger partial charge in [-0.2, -0.15) is 0 Å². The minimum Gasteiger partial charge on any atom is -0.497 e. The summed E-state index contributed by atoms with van der Waals surface area (Å²) in [5.41, 5.74) is 2.45. The molecule has 1 fully saturated rings. The minimum atomic E-state index is -0.0903. The predicted molar refractivity (Wildman–Crippen MR) is 121 cm³/mol. The zero-order valence-electron chi connectivity index (χ0n) is 17.9. The first kappa shape index (κ1) is 20.5. The van der Waals surface area contributed by atoms with Crippen molar-refractivity contribution in [2.75, 3.05) is 38.2 Å². The van der Waals surface area contributed by atoms with Gasteiger partial charge in [0.15, 0.2) is 5.76 Å². The van der Waals surface area contributed by atoms with Crippen molar-refractivity contribution in [3.63, 3.8) is 0 Å². The number of carbonyl (C=O) groups is 1. The second-order valence-electron chi connectivity index (χ2n) is 7.97. The Balaban J connectivity index is 1.57. The molecule has 158 valence electrons. The molecule has 5 nitrogen and oxygen atoms in total. The average molecular weight is 407 g/mol. The molecule has 0 saturated carbocycles. The van der Waals surface area contributed by atoms with Crippen LogP contribution in [0.2, 0.25) is 0 Å². The van der Waals surface area contributed by atoms with Crippen LogP contribution in [-0.4, -0.2) is 44.1 Å². The molecule has 0 N–H and O–H groups in total. The maximum atomic E-state index is 13.6. The van der Waals surface area contributed by atoms with E-state index >= 15 is 0 Å². The number of nitrogens with zero attached hydrogens (tertiary/aromatic N) is 2. The maximum Gasteiger partial charge on any atom is 0.294 e. The van der Waals surface area contributed by atoms with Gasteiger partial charge in [0.25, 0.3) is 5.91 Å². The van der Waals surface area contributed by atoms with Crippen molar-refractivity contribution >= 4 is 22.6 Å². The highest BCUT2D eigenvalue weighted by Gasteiger charge is 2.25. The molecule has 0 aliphatic carbocycles. The van der Waals surface area contributed by atoms with Gasteiger partial charge in [0, 0.05) is 29.2 Å². The number of rotatable bonds is 7. The van der Waals surface area contributed by atoms with Crippen LogP contribution in [0, 0.1) is 6.92 Å². The van der Waals surface area contributed by atoms with E-state index in [1.54, 1.807) is 7.11 Å². The largest absolute Gasteiger partial charge is 0.497 e. The number of furan rings is 1. The van der Waals surface area contributed by atoms with Gasteiger partial charge >= 0.3 is 0 Å². The zero-order chi connectivity index (χ0) is 20.9. The fourth-order valence-electron chi connectivity index (χ4n) is 4.25. The molecule has 2 aromatic carbocycles. The highest BCUT2D eigenvalue weighted by Crippen LogP contribution is 2.30. The summed E-state index contributed by atoms with van der Waals surface area (Å²) in [7, 11) is 1.63. The number of ether oxygens (including phenoxy) is 1. The van der Waals surface area contributed by atoms with Crippen LogP contribution >= 0.6 is 0 Å². The van der Waals surface area contributed by atoms with Crippen LogP contribution in [0.4, 0.5) is 5.69 Å². The van der Waals surface area contributed by atoms with E-state index in [9.17, 15) is 4.79 Å². The van der Waals surface area contributed by atoms with Crippen LogP contribution in [0.15, 0.2) is 52.9 Å². The van der Waals surface area contributed by atoms with Gasteiger partial charge in [-0.1, -0.05) is 24.6 Å². The summed E-state index contributed by atoms with van der Waals surface area (Å²) in [5.74, 6) is 1.03. The van der Waals surface area contributed by atoms with Crippen LogP contribution in [0.3, 0.4) is 0 Å². The number of hydrogen-bond acceptors (Lipinski definition) is 4. The normalized spacial score (nSPS) is 14.7. The zero-order valence-corrected chi connectivity index (χ0v) is 17.9. The van der Waals surface area contributed by atoms with Gasteiger partial charge in [-0.15, -0.1) is 0 Å². The summed E-state index contributed by atoms with van der Waals surface area (Å²) in [6.07, 6.45) is 4.83. The molecule has 1 amide bonds. The van der Waals surface area contributed by atoms with E-state index in [4.69, 9.17) is 9.15 Å². The monoisotopic (exact) mass is 406 g/mol. The van der Waals surface area contributed by atoms with E-state index in [-0.39, 0.29) is 5.91 Å². The van der Waals surface area contributed by atoms with Crippen LogP contribution in [-0.2, 0) is 0 Å². The average Bonchev–Trinajstić information content (AvgIpc) is 3.13. The number of fused-ring (bicyclic) bond motifs is 1. The van der Waals surface area contributed by atoms with Crippen molar-refractivity contribution < 1.29 is 13.9 Å². The maximum absolute atomic E-state index is 13.6. The Morgan fingerprint density at radius 3 is 2.60 bits per heavy atom. The number of likely N-dealkylation sites (tertiary alicyclic amines) is 1.